The van der Waals surface area contributed by atoms with Gasteiger partial charge in [-0.2, -0.15) is 0 Å². The molecular weight excluding hydrogens is 372 g/mol. The fourth-order valence-corrected chi connectivity index (χ4v) is 3.37. The van der Waals surface area contributed by atoms with Crippen LogP contribution < -0.4 is 5.73 Å². The molecule has 1 atom stereocenters. The Labute approximate surface area is 166 Å². The number of ketones is 1. The maximum Gasteiger partial charge on any atom is 0.318 e. The van der Waals surface area contributed by atoms with Crippen LogP contribution in [-0.2, 0) is 9.59 Å². The van der Waals surface area contributed by atoms with Crippen LogP contribution >= 0.6 is 0 Å². The molecule has 0 amide bonds. The first-order chi connectivity index (χ1) is 13.9. The predicted octanol–water partition coefficient (Wildman–Crippen LogP) is 3.75. The molecule has 0 fully saturated rings. The van der Waals surface area contributed by atoms with E-state index in [9.17, 15) is 24.8 Å². The van der Waals surface area contributed by atoms with Gasteiger partial charge in [0.1, 0.15) is 11.6 Å². The number of hydrogen-bond acceptors (Lipinski definition) is 5. The van der Waals surface area contributed by atoms with E-state index >= 15 is 0 Å². The summed E-state index contributed by atoms with van der Waals surface area (Å²) in [5.74, 6) is -4.56. The van der Waals surface area contributed by atoms with Crippen molar-refractivity contribution in [2.45, 2.75) is 11.8 Å². The molecular formula is C22H18N2O5. The summed E-state index contributed by atoms with van der Waals surface area (Å²) in [4.78, 5) is 36.1. The number of carboxylic acids is 1. The lowest BCUT2D eigenvalue weighted by molar-refractivity contribution is -0.383. The lowest BCUT2D eigenvalue weighted by Gasteiger charge is -2.22. The van der Waals surface area contributed by atoms with Gasteiger partial charge in [0, 0.05) is 11.6 Å². The average Bonchev–Trinajstić information content (AvgIpc) is 2.71. The minimum absolute atomic E-state index is 0.0893. The maximum absolute atomic E-state index is 13.5. The topological polar surface area (TPSA) is 124 Å². The fraction of sp³-hybridized carbons (Fsp3) is 0.0909. The fourth-order valence-electron chi connectivity index (χ4n) is 3.37. The summed E-state index contributed by atoms with van der Waals surface area (Å²) in [5.41, 5.74) is 6.29. The van der Waals surface area contributed by atoms with E-state index in [0.717, 1.165) is 0 Å². The van der Waals surface area contributed by atoms with Crippen LogP contribution in [0.5, 0.6) is 0 Å². The van der Waals surface area contributed by atoms with Gasteiger partial charge in [-0.05, 0) is 11.1 Å². The van der Waals surface area contributed by atoms with Crippen LogP contribution in [0, 0.1) is 10.1 Å². The van der Waals surface area contributed by atoms with Crippen molar-refractivity contribution >= 4 is 23.1 Å². The summed E-state index contributed by atoms with van der Waals surface area (Å²) >= 11 is 0. The molecule has 0 heterocycles. The molecule has 0 bridgehead atoms. The number of nitro benzene ring substituents is 1. The Bertz CT molecular complexity index is 1010. The summed E-state index contributed by atoms with van der Waals surface area (Å²) in [7, 11) is 0. The van der Waals surface area contributed by atoms with Crippen molar-refractivity contribution in [1.29, 1.82) is 0 Å². The van der Waals surface area contributed by atoms with Crippen molar-refractivity contribution in [1.82, 2.24) is 0 Å². The van der Waals surface area contributed by atoms with Crippen molar-refractivity contribution in [2.24, 2.45) is 0 Å². The zero-order chi connectivity index (χ0) is 21.0. The molecule has 29 heavy (non-hydrogen) atoms. The molecule has 7 heteroatoms. The van der Waals surface area contributed by atoms with E-state index in [-0.39, 0.29) is 11.3 Å². The standard InChI is InChI=1S/C22H18N2O5/c23-20-16(12-7-13-17(20)24(28)29)19(22(26)27)21(25)18(14-8-3-1-4-9-14)15-10-5-2-6-11-15/h1-13,18-19H,23H2,(H,26,27)/t19-/m1/s1. The molecule has 0 aromatic heterocycles. The van der Waals surface area contributed by atoms with Crippen LogP contribution in [-0.4, -0.2) is 21.8 Å². The largest absolute Gasteiger partial charge is 0.480 e. The highest BCUT2D eigenvalue weighted by atomic mass is 16.6. The number of hydrogen-bond donors (Lipinski definition) is 2. The van der Waals surface area contributed by atoms with Crippen molar-refractivity contribution in [3.8, 4) is 0 Å². The molecule has 3 N–H and O–H groups in total. The number of nitro groups is 1. The Balaban J connectivity index is 2.16. The van der Waals surface area contributed by atoms with Crippen molar-refractivity contribution in [3.63, 3.8) is 0 Å². The van der Waals surface area contributed by atoms with Gasteiger partial charge in [-0.3, -0.25) is 19.7 Å². The van der Waals surface area contributed by atoms with E-state index in [4.69, 9.17) is 5.73 Å². The second kappa shape index (κ2) is 8.35. The highest BCUT2D eigenvalue weighted by Gasteiger charge is 2.37. The summed E-state index contributed by atoms with van der Waals surface area (Å²) < 4.78 is 0. The Kier molecular flexibility index (Phi) is 5.69. The van der Waals surface area contributed by atoms with Crippen LogP contribution in [0.4, 0.5) is 11.4 Å². The molecule has 0 aliphatic heterocycles. The maximum atomic E-state index is 13.5. The highest BCUT2D eigenvalue weighted by Crippen LogP contribution is 2.36. The number of aliphatic carboxylic acids is 1. The number of anilines is 1. The normalized spacial score (nSPS) is 11.8. The molecule has 0 aliphatic rings. The molecule has 0 spiro atoms. The van der Waals surface area contributed by atoms with E-state index in [1.54, 1.807) is 60.7 Å². The molecule has 0 aliphatic carbocycles. The molecule has 146 valence electrons. The molecule has 3 rings (SSSR count). The number of carboxylic acid groups (broad SMARTS) is 1. The number of nitrogens with two attached hydrogens (primary N) is 1. The van der Waals surface area contributed by atoms with Crippen molar-refractivity contribution in [2.75, 3.05) is 5.73 Å². The van der Waals surface area contributed by atoms with Crippen LogP contribution in [0.3, 0.4) is 0 Å². The third-order valence-corrected chi connectivity index (χ3v) is 4.71. The van der Waals surface area contributed by atoms with Crippen LogP contribution in [0.1, 0.15) is 28.5 Å². The second-order valence-electron chi connectivity index (χ2n) is 6.47. The monoisotopic (exact) mass is 390 g/mol. The highest BCUT2D eigenvalue weighted by molar-refractivity contribution is 6.09. The van der Waals surface area contributed by atoms with Gasteiger partial charge < -0.3 is 10.8 Å². The van der Waals surface area contributed by atoms with Crippen molar-refractivity contribution < 1.29 is 19.6 Å². The van der Waals surface area contributed by atoms with Gasteiger partial charge in [0.05, 0.1) is 10.8 Å². The van der Waals surface area contributed by atoms with Crippen LogP contribution in [0.2, 0.25) is 0 Å². The molecule has 3 aromatic rings. The Morgan fingerprint density at radius 1 is 0.862 bits per heavy atom. The summed E-state index contributed by atoms with van der Waals surface area (Å²) in [6.45, 7) is 0. The van der Waals surface area contributed by atoms with Crippen LogP contribution in [0.25, 0.3) is 0 Å². The first kappa shape index (κ1) is 19.8. The molecule has 0 saturated carbocycles. The zero-order valence-corrected chi connectivity index (χ0v) is 15.3. The number of nitrogens with zero attached hydrogens (tertiary/aromatic N) is 1. The molecule has 0 radical (unpaired) electrons. The number of Topliss-reactive ketones (excluding diaryl/α,β-unsaturated/α-hetero) is 1. The summed E-state index contributed by atoms with van der Waals surface area (Å²) in [6.07, 6.45) is 0. The van der Waals surface area contributed by atoms with E-state index in [1.807, 2.05) is 0 Å². The van der Waals surface area contributed by atoms with Gasteiger partial charge in [0.25, 0.3) is 5.69 Å². The van der Waals surface area contributed by atoms with Crippen molar-refractivity contribution in [3.05, 3.63) is 106 Å². The predicted molar refractivity (Wildman–Crippen MR) is 108 cm³/mol. The summed E-state index contributed by atoms with van der Waals surface area (Å²) in [6, 6.07) is 21.4. The first-order valence-electron chi connectivity index (χ1n) is 8.81. The summed E-state index contributed by atoms with van der Waals surface area (Å²) in [5, 5.41) is 21.1. The van der Waals surface area contributed by atoms with E-state index in [2.05, 4.69) is 0 Å². The first-order valence-corrected chi connectivity index (χ1v) is 8.81. The number of carbonyl (C=O) groups is 2. The third kappa shape index (κ3) is 3.98. The minimum Gasteiger partial charge on any atom is -0.480 e. The third-order valence-electron chi connectivity index (χ3n) is 4.71. The lowest BCUT2D eigenvalue weighted by Crippen LogP contribution is -2.28. The number of benzene rings is 3. The quantitative estimate of drug-likeness (QED) is 0.274. The number of nitrogen functional groups attached to an aromatic ring is 1. The molecule has 7 nitrogen and oxygen atoms in total. The average molecular weight is 390 g/mol. The van der Waals surface area contributed by atoms with Gasteiger partial charge in [-0.15, -0.1) is 0 Å². The van der Waals surface area contributed by atoms with Gasteiger partial charge in [0.15, 0.2) is 5.78 Å². The van der Waals surface area contributed by atoms with E-state index in [0.29, 0.717) is 11.1 Å². The lowest BCUT2D eigenvalue weighted by atomic mass is 9.79. The van der Waals surface area contributed by atoms with Gasteiger partial charge >= 0.3 is 5.97 Å². The Hall–Kier alpha value is -4.00. The van der Waals surface area contributed by atoms with Gasteiger partial charge in [-0.1, -0.05) is 72.8 Å². The minimum atomic E-state index is -1.65. The van der Waals surface area contributed by atoms with E-state index < -0.39 is 34.2 Å². The number of rotatable bonds is 7. The zero-order valence-electron chi connectivity index (χ0n) is 15.3. The number of para-hydroxylation sites is 1. The second-order valence-corrected chi connectivity index (χ2v) is 6.47. The van der Waals surface area contributed by atoms with Gasteiger partial charge in [-0.25, -0.2) is 0 Å². The molecule has 3 aromatic carbocycles. The van der Waals surface area contributed by atoms with E-state index in [1.165, 1.54) is 18.2 Å². The SMILES string of the molecule is Nc1c([C@@H](C(=O)O)C(=O)C(c2ccccc2)c2ccccc2)cccc1[N+](=O)[O-]. The smallest absolute Gasteiger partial charge is 0.318 e. The number of carbonyl (C=O) groups excluding carboxylic acids is 1. The van der Waals surface area contributed by atoms with Crippen LogP contribution in [0.15, 0.2) is 78.9 Å². The Morgan fingerprint density at radius 3 is 1.83 bits per heavy atom. The van der Waals surface area contributed by atoms with Gasteiger partial charge in [0.2, 0.25) is 0 Å². The molecule has 0 unspecified atom stereocenters. The molecule has 0 saturated heterocycles. The Morgan fingerprint density at radius 2 is 1.38 bits per heavy atom.